The molecule has 158 valence electrons. The number of amides is 1. The Labute approximate surface area is 163 Å². The molecule has 1 amide bonds. The summed E-state index contributed by atoms with van der Waals surface area (Å²) in [5.74, 6) is 0. The van der Waals surface area contributed by atoms with Gasteiger partial charge in [0.15, 0.2) is 0 Å². The van der Waals surface area contributed by atoms with Crippen molar-refractivity contribution in [1.82, 2.24) is 9.21 Å². The molecule has 1 saturated heterocycles. The first kappa shape index (κ1) is 22.5. The standard InChI is InChI=1S/C18H25F3N2O4S/c1-12-10-13(18(19,20)21)6-7-14(12)28(26,27)22-8-9-23(15(24)25)17(5,11-22)16(2,3)4/h6-7,10H,8-9,11H2,1-5H3,(H,24,25)/t17-/m1/s1. The van der Waals surface area contributed by atoms with E-state index in [-0.39, 0.29) is 30.1 Å². The van der Waals surface area contributed by atoms with Crippen molar-refractivity contribution in [1.29, 1.82) is 0 Å². The lowest BCUT2D eigenvalue weighted by atomic mass is 9.73. The number of halogens is 3. The zero-order valence-corrected chi connectivity index (χ0v) is 17.3. The fourth-order valence-corrected chi connectivity index (χ4v) is 5.10. The van der Waals surface area contributed by atoms with Crippen LogP contribution >= 0.6 is 0 Å². The molecule has 2 rings (SSSR count). The molecule has 0 unspecified atom stereocenters. The van der Waals surface area contributed by atoms with Crippen molar-refractivity contribution in [3.8, 4) is 0 Å². The maximum Gasteiger partial charge on any atom is 0.416 e. The predicted octanol–water partition coefficient (Wildman–Crippen LogP) is 3.80. The van der Waals surface area contributed by atoms with E-state index in [4.69, 9.17) is 0 Å². The second kappa shape index (κ2) is 6.91. The minimum Gasteiger partial charge on any atom is -0.465 e. The fourth-order valence-electron chi connectivity index (χ4n) is 3.37. The van der Waals surface area contributed by atoms with E-state index in [1.807, 2.05) is 20.8 Å². The van der Waals surface area contributed by atoms with Gasteiger partial charge in [-0.1, -0.05) is 20.8 Å². The highest BCUT2D eigenvalue weighted by Gasteiger charge is 2.51. The van der Waals surface area contributed by atoms with Crippen LogP contribution in [0.2, 0.25) is 0 Å². The number of nitrogens with zero attached hydrogens (tertiary/aromatic N) is 2. The van der Waals surface area contributed by atoms with Gasteiger partial charge in [0.25, 0.3) is 0 Å². The molecule has 1 fully saturated rings. The van der Waals surface area contributed by atoms with Gasteiger partial charge in [0, 0.05) is 19.6 Å². The molecule has 1 aliphatic rings. The molecule has 0 radical (unpaired) electrons. The number of sulfonamides is 1. The Hall–Kier alpha value is -1.81. The highest BCUT2D eigenvalue weighted by Crippen LogP contribution is 2.40. The summed E-state index contributed by atoms with van der Waals surface area (Å²) in [5.41, 5.74) is -2.51. The molecular formula is C18H25F3N2O4S. The summed E-state index contributed by atoms with van der Waals surface area (Å²) < 4.78 is 66.1. The summed E-state index contributed by atoms with van der Waals surface area (Å²) in [6.45, 7) is 8.28. The Bertz CT molecular complexity index is 878. The van der Waals surface area contributed by atoms with Crippen LogP contribution in [0.15, 0.2) is 23.1 Å². The van der Waals surface area contributed by atoms with Crippen molar-refractivity contribution in [3.05, 3.63) is 29.3 Å². The van der Waals surface area contributed by atoms with Crippen molar-refractivity contribution in [2.45, 2.75) is 51.2 Å². The number of carbonyl (C=O) groups is 1. The van der Waals surface area contributed by atoms with Gasteiger partial charge in [0.05, 0.1) is 16.0 Å². The summed E-state index contributed by atoms with van der Waals surface area (Å²) in [4.78, 5) is 12.7. The zero-order chi connectivity index (χ0) is 21.7. The highest BCUT2D eigenvalue weighted by atomic mass is 32.2. The maximum absolute atomic E-state index is 13.1. The van der Waals surface area contributed by atoms with E-state index in [2.05, 4.69) is 0 Å². The Morgan fingerprint density at radius 1 is 1.18 bits per heavy atom. The molecule has 0 bridgehead atoms. The van der Waals surface area contributed by atoms with Crippen LogP contribution in [-0.2, 0) is 16.2 Å². The van der Waals surface area contributed by atoms with Crippen LogP contribution in [0.3, 0.4) is 0 Å². The highest BCUT2D eigenvalue weighted by molar-refractivity contribution is 7.89. The lowest BCUT2D eigenvalue weighted by molar-refractivity contribution is -0.137. The van der Waals surface area contributed by atoms with E-state index in [1.165, 1.54) is 11.8 Å². The van der Waals surface area contributed by atoms with Crippen LogP contribution in [0.25, 0.3) is 0 Å². The van der Waals surface area contributed by atoms with Crippen LogP contribution < -0.4 is 0 Å². The Kier molecular flexibility index (Phi) is 5.55. The van der Waals surface area contributed by atoms with Gasteiger partial charge in [0.1, 0.15) is 0 Å². The second-order valence-corrected chi connectivity index (χ2v) is 10.2. The first-order chi connectivity index (χ1) is 12.5. The van der Waals surface area contributed by atoms with Crippen LogP contribution in [0.4, 0.5) is 18.0 Å². The van der Waals surface area contributed by atoms with E-state index in [1.54, 1.807) is 6.92 Å². The molecule has 1 N–H and O–H groups in total. The third-order valence-corrected chi connectivity index (χ3v) is 7.63. The second-order valence-electron chi connectivity index (χ2n) is 8.27. The minimum atomic E-state index is -4.56. The average Bonchev–Trinajstić information content (AvgIpc) is 2.52. The van der Waals surface area contributed by atoms with E-state index >= 15 is 0 Å². The predicted molar refractivity (Wildman–Crippen MR) is 97.5 cm³/mol. The quantitative estimate of drug-likeness (QED) is 0.786. The number of hydrogen-bond acceptors (Lipinski definition) is 3. The monoisotopic (exact) mass is 422 g/mol. The SMILES string of the molecule is Cc1cc(C(F)(F)F)ccc1S(=O)(=O)N1CCN(C(=O)O)[C@@](C)(C(C)(C)C)C1. The minimum absolute atomic E-state index is 0.00653. The van der Waals surface area contributed by atoms with Crippen LogP contribution in [0, 0.1) is 12.3 Å². The molecular weight excluding hydrogens is 397 g/mol. The van der Waals surface area contributed by atoms with E-state index in [9.17, 15) is 31.5 Å². The number of piperazine rings is 1. The van der Waals surface area contributed by atoms with Gasteiger partial charge in [-0.25, -0.2) is 13.2 Å². The summed E-state index contributed by atoms with van der Waals surface area (Å²) in [5, 5.41) is 9.55. The number of aryl methyl sites for hydroxylation is 1. The number of carboxylic acid groups (broad SMARTS) is 1. The molecule has 6 nitrogen and oxygen atoms in total. The van der Waals surface area contributed by atoms with Crippen molar-refractivity contribution < 1.29 is 31.5 Å². The Balaban J connectivity index is 2.46. The van der Waals surface area contributed by atoms with E-state index in [0.717, 1.165) is 22.5 Å². The largest absolute Gasteiger partial charge is 0.465 e. The molecule has 10 heteroatoms. The summed E-state index contributed by atoms with van der Waals surface area (Å²) >= 11 is 0. The van der Waals surface area contributed by atoms with Gasteiger partial charge in [-0.05, 0) is 43.0 Å². The Morgan fingerprint density at radius 3 is 2.18 bits per heavy atom. The molecule has 1 aromatic rings. The van der Waals surface area contributed by atoms with Crippen molar-refractivity contribution in [2.75, 3.05) is 19.6 Å². The van der Waals surface area contributed by atoms with Crippen LogP contribution in [0.1, 0.15) is 38.8 Å². The maximum atomic E-state index is 13.1. The molecule has 0 aromatic heterocycles. The molecule has 1 aromatic carbocycles. The van der Waals surface area contributed by atoms with Crippen molar-refractivity contribution >= 4 is 16.1 Å². The molecule has 1 aliphatic heterocycles. The average molecular weight is 422 g/mol. The zero-order valence-electron chi connectivity index (χ0n) is 16.5. The van der Waals surface area contributed by atoms with Gasteiger partial charge in [0.2, 0.25) is 10.0 Å². The molecule has 0 saturated carbocycles. The third kappa shape index (κ3) is 3.84. The summed E-state index contributed by atoms with van der Waals surface area (Å²) in [7, 11) is -4.09. The van der Waals surface area contributed by atoms with Gasteiger partial charge < -0.3 is 5.11 Å². The number of benzene rings is 1. The third-order valence-electron chi connectivity index (χ3n) is 5.62. The van der Waals surface area contributed by atoms with Crippen molar-refractivity contribution in [3.63, 3.8) is 0 Å². The van der Waals surface area contributed by atoms with E-state index < -0.39 is 38.8 Å². The first-order valence-corrected chi connectivity index (χ1v) is 10.1. The number of alkyl halides is 3. The molecule has 0 spiro atoms. The van der Waals surface area contributed by atoms with E-state index in [0.29, 0.717) is 0 Å². The molecule has 28 heavy (non-hydrogen) atoms. The summed E-state index contributed by atoms with van der Waals surface area (Å²) in [6.07, 6.45) is -5.70. The first-order valence-electron chi connectivity index (χ1n) is 8.70. The molecule has 1 heterocycles. The molecule has 0 aliphatic carbocycles. The fraction of sp³-hybridized carbons (Fsp3) is 0.611. The van der Waals surface area contributed by atoms with Crippen LogP contribution in [0.5, 0.6) is 0 Å². The topological polar surface area (TPSA) is 77.9 Å². The summed E-state index contributed by atoms with van der Waals surface area (Å²) in [6, 6.07) is 2.52. The number of rotatable bonds is 2. The van der Waals surface area contributed by atoms with Crippen molar-refractivity contribution in [2.24, 2.45) is 5.41 Å². The lowest BCUT2D eigenvalue weighted by Crippen LogP contribution is -2.68. The Morgan fingerprint density at radius 2 is 1.75 bits per heavy atom. The van der Waals surface area contributed by atoms with Gasteiger partial charge >= 0.3 is 12.3 Å². The van der Waals surface area contributed by atoms with Crippen LogP contribution in [-0.4, -0.2) is 54.0 Å². The smallest absolute Gasteiger partial charge is 0.416 e. The molecule has 1 atom stereocenters. The lowest BCUT2D eigenvalue weighted by Gasteiger charge is -2.53. The number of hydrogen-bond donors (Lipinski definition) is 1. The normalized spacial score (nSPS) is 22.4. The van der Waals surface area contributed by atoms with Gasteiger partial charge in [-0.3, -0.25) is 4.90 Å². The van der Waals surface area contributed by atoms with Gasteiger partial charge in [-0.15, -0.1) is 0 Å². The van der Waals surface area contributed by atoms with Gasteiger partial charge in [-0.2, -0.15) is 17.5 Å².